The molecule has 0 spiro atoms. The summed E-state index contributed by atoms with van der Waals surface area (Å²) in [5.41, 5.74) is 0. The number of carbonyl (C=O) groups excluding carboxylic acids is 2. The number of aliphatic carboxylic acids is 1. The Morgan fingerprint density at radius 1 is 0.508 bits per heavy atom. The summed E-state index contributed by atoms with van der Waals surface area (Å²) >= 11 is 0. The molecule has 0 bridgehead atoms. The zero-order valence-corrected chi connectivity index (χ0v) is 39.3. The van der Waals surface area contributed by atoms with Gasteiger partial charge in [0.2, 0.25) is 0 Å². The van der Waals surface area contributed by atoms with E-state index in [1.165, 1.54) is 57.8 Å². The quantitative estimate of drug-likeness (QED) is 0.0213. The summed E-state index contributed by atoms with van der Waals surface area (Å²) in [5.74, 6) is -2.10. The second-order valence-electron chi connectivity index (χ2n) is 16.7. The molecule has 0 aromatic heterocycles. The average Bonchev–Trinajstić information content (AvgIpc) is 3.22. The molecule has 0 fully saturated rings. The minimum atomic E-state index is -1.53. The Hall–Kier alpha value is -3.53. The number of ether oxygens (including phenoxy) is 4. The van der Waals surface area contributed by atoms with E-state index in [0.717, 1.165) is 77.0 Å². The van der Waals surface area contributed by atoms with Crippen LogP contribution in [0.5, 0.6) is 0 Å². The number of nitrogens with zero attached hydrogens (tertiary/aromatic N) is 1. The van der Waals surface area contributed by atoms with Gasteiger partial charge in [-0.1, -0.05) is 157 Å². The summed E-state index contributed by atoms with van der Waals surface area (Å²) in [7, 11) is 5.93. The van der Waals surface area contributed by atoms with Crippen LogP contribution in [0.3, 0.4) is 0 Å². The first-order chi connectivity index (χ1) is 29.6. The largest absolute Gasteiger partial charge is 0.477 e. The first-order valence-corrected chi connectivity index (χ1v) is 23.8. The van der Waals surface area contributed by atoms with E-state index in [1.807, 2.05) is 21.1 Å². The Kier molecular flexibility index (Phi) is 40.6. The van der Waals surface area contributed by atoms with Gasteiger partial charge in [-0.2, -0.15) is 0 Å². The summed E-state index contributed by atoms with van der Waals surface area (Å²) in [6.07, 6.45) is 52.2. The van der Waals surface area contributed by atoms with Crippen molar-refractivity contribution in [1.29, 1.82) is 0 Å². The Balaban J connectivity index is 4.50. The lowest BCUT2D eigenvalue weighted by Gasteiger charge is -2.25. The average molecular weight is 855 g/mol. The van der Waals surface area contributed by atoms with Crippen LogP contribution in [0.4, 0.5) is 0 Å². The highest BCUT2D eigenvalue weighted by atomic mass is 16.7. The van der Waals surface area contributed by atoms with Crippen molar-refractivity contribution in [1.82, 2.24) is 0 Å². The molecule has 2 unspecified atom stereocenters. The van der Waals surface area contributed by atoms with Gasteiger partial charge in [0.1, 0.15) is 13.2 Å². The lowest BCUT2D eigenvalue weighted by molar-refractivity contribution is -0.870. The molecule has 0 rings (SSSR count). The number of rotatable bonds is 42. The first-order valence-electron chi connectivity index (χ1n) is 23.8. The summed E-state index contributed by atoms with van der Waals surface area (Å²) in [6, 6.07) is 0. The molecule has 348 valence electrons. The lowest BCUT2D eigenvalue weighted by Crippen LogP contribution is -2.40. The highest BCUT2D eigenvalue weighted by molar-refractivity contribution is 5.71. The third kappa shape index (κ3) is 44.3. The van der Waals surface area contributed by atoms with Crippen molar-refractivity contribution >= 4 is 17.9 Å². The van der Waals surface area contributed by atoms with Gasteiger partial charge in [0, 0.05) is 12.8 Å². The van der Waals surface area contributed by atoms with Crippen molar-refractivity contribution in [3.05, 3.63) is 85.1 Å². The number of hydrogen-bond acceptors (Lipinski definition) is 7. The van der Waals surface area contributed by atoms with E-state index < -0.39 is 24.3 Å². The molecule has 0 aliphatic heterocycles. The Morgan fingerprint density at radius 2 is 0.951 bits per heavy atom. The predicted octanol–water partition coefficient (Wildman–Crippen LogP) is 12.9. The number of esters is 2. The number of carboxylic acid groups (broad SMARTS) is 1. The standard InChI is InChI=1S/C52H87NO8/c1-6-8-10-12-14-16-18-20-22-24-25-27-28-30-32-34-36-38-40-42-49(54)59-46-48(47-60-52(51(56)57)58-45-44-53(3,4)5)61-50(55)43-41-39-37-35-33-31-29-26-23-21-19-17-15-13-11-9-7-2/h9,11,14-17,20-23,29,31,35,37,48,52H,6-8,10,12-13,18-19,24-28,30,32-34,36,38-47H2,1-5H3/p+1/b11-9-,16-14-,17-15-,22-20-,23-21-,31-29-,37-35-. The molecule has 9 heteroatoms. The molecule has 0 amide bonds. The van der Waals surface area contributed by atoms with Gasteiger partial charge >= 0.3 is 17.9 Å². The number of likely N-dealkylation sites (N-methyl/N-ethyl adjacent to an activating group) is 1. The molecule has 9 nitrogen and oxygen atoms in total. The van der Waals surface area contributed by atoms with Gasteiger partial charge in [-0.05, 0) is 83.5 Å². The minimum absolute atomic E-state index is 0.172. The van der Waals surface area contributed by atoms with E-state index in [2.05, 4.69) is 98.9 Å². The van der Waals surface area contributed by atoms with E-state index in [4.69, 9.17) is 18.9 Å². The second kappa shape index (κ2) is 43.1. The fourth-order valence-corrected chi connectivity index (χ4v) is 5.96. The van der Waals surface area contributed by atoms with Gasteiger partial charge in [0.05, 0.1) is 34.4 Å². The van der Waals surface area contributed by atoms with Gasteiger partial charge < -0.3 is 28.5 Å². The van der Waals surface area contributed by atoms with Crippen molar-refractivity contribution in [2.75, 3.05) is 47.5 Å². The molecule has 0 saturated carbocycles. The van der Waals surface area contributed by atoms with Gasteiger partial charge in [-0.3, -0.25) is 9.59 Å². The number of carbonyl (C=O) groups is 3. The van der Waals surface area contributed by atoms with E-state index in [9.17, 15) is 19.5 Å². The van der Waals surface area contributed by atoms with E-state index in [-0.39, 0.29) is 38.6 Å². The number of unbranched alkanes of at least 4 members (excludes halogenated alkanes) is 13. The molecule has 2 atom stereocenters. The van der Waals surface area contributed by atoms with Crippen molar-refractivity contribution < 1.29 is 42.9 Å². The van der Waals surface area contributed by atoms with Crippen molar-refractivity contribution in [3.63, 3.8) is 0 Å². The van der Waals surface area contributed by atoms with Crippen molar-refractivity contribution in [3.8, 4) is 0 Å². The van der Waals surface area contributed by atoms with Gasteiger partial charge in [-0.15, -0.1) is 0 Å². The molecule has 0 saturated heterocycles. The second-order valence-corrected chi connectivity index (χ2v) is 16.7. The normalized spacial score (nSPS) is 13.7. The predicted molar refractivity (Wildman–Crippen MR) is 253 cm³/mol. The molecule has 61 heavy (non-hydrogen) atoms. The maximum absolute atomic E-state index is 12.8. The Bertz CT molecular complexity index is 1270. The molecular formula is C52H88NO8+. The smallest absolute Gasteiger partial charge is 0.361 e. The Labute approximate surface area is 372 Å². The van der Waals surface area contributed by atoms with Crippen LogP contribution >= 0.6 is 0 Å². The number of quaternary nitrogens is 1. The van der Waals surface area contributed by atoms with E-state index in [1.54, 1.807) is 0 Å². The van der Waals surface area contributed by atoms with Crippen molar-refractivity contribution in [2.24, 2.45) is 0 Å². The van der Waals surface area contributed by atoms with Crippen LogP contribution in [0, 0.1) is 0 Å². The third-order valence-electron chi connectivity index (χ3n) is 9.64. The third-order valence-corrected chi connectivity index (χ3v) is 9.64. The molecule has 0 aliphatic carbocycles. The maximum atomic E-state index is 12.8. The monoisotopic (exact) mass is 855 g/mol. The number of allylic oxidation sites excluding steroid dienone is 14. The van der Waals surface area contributed by atoms with Gasteiger partial charge in [-0.25, -0.2) is 4.79 Å². The zero-order chi connectivity index (χ0) is 44.9. The maximum Gasteiger partial charge on any atom is 0.361 e. The zero-order valence-electron chi connectivity index (χ0n) is 39.3. The molecule has 0 aromatic carbocycles. The van der Waals surface area contributed by atoms with Gasteiger partial charge in [0.15, 0.2) is 6.10 Å². The number of carboxylic acids is 1. The van der Waals surface area contributed by atoms with Crippen LogP contribution in [0.2, 0.25) is 0 Å². The van der Waals surface area contributed by atoms with E-state index in [0.29, 0.717) is 17.4 Å². The molecule has 0 aliphatic rings. The SMILES string of the molecule is CC/C=C\C/C=C\C/C=C\C/C=C\C/C=C\CCCC(=O)OC(COC(=O)CCCCCCCCCCC/C=C\C/C=C\CCCCC)COC(OCC[N+](C)(C)C)C(=O)O. The summed E-state index contributed by atoms with van der Waals surface area (Å²) in [6.45, 7) is 4.64. The Morgan fingerprint density at radius 3 is 1.44 bits per heavy atom. The van der Waals surface area contributed by atoms with Crippen LogP contribution in [-0.2, 0) is 33.3 Å². The lowest BCUT2D eigenvalue weighted by atomic mass is 10.1. The first kappa shape index (κ1) is 57.5. The minimum Gasteiger partial charge on any atom is -0.477 e. The topological polar surface area (TPSA) is 108 Å². The molecule has 0 aromatic rings. The molecule has 0 radical (unpaired) electrons. The molecule has 1 N–H and O–H groups in total. The van der Waals surface area contributed by atoms with E-state index >= 15 is 0 Å². The highest BCUT2D eigenvalue weighted by Crippen LogP contribution is 2.13. The van der Waals surface area contributed by atoms with Gasteiger partial charge in [0.25, 0.3) is 6.29 Å². The molecular weight excluding hydrogens is 767 g/mol. The van der Waals surface area contributed by atoms with Crippen LogP contribution < -0.4 is 0 Å². The van der Waals surface area contributed by atoms with Crippen LogP contribution in [0.1, 0.15) is 168 Å². The van der Waals surface area contributed by atoms with Crippen LogP contribution in [0.15, 0.2) is 85.1 Å². The van der Waals surface area contributed by atoms with Crippen LogP contribution in [-0.4, -0.2) is 87.4 Å². The number of hydrogen-bond donors (Lipinski definition) is 1. The highest BCUT2D eigenvalue weighted by Gasteiger charge is 2.25. The summed E-state index contributed by atoms with van der Waals surface area (Å²) in [4.78, 5) is 37.2. The van der Waals surface area contributed by atoms with Crippen LogP contribution in [0.25, 0.3) is 0 Å². The fraction of sp³-hybridized carbons (Fsp3) is 0.673. The molecule has 0 heterocycles. The fourth-order valence-electron chi connectivity index (χ4n) is 5.96. The summed E-state index contributed by atoms with van der Waals surface area (Å²) in [5, 5.41) is 9.65. The van der Waals surface area contributed by atoms with Crippen molar-refractivity contribution in [2.45, 2.75) is 180 Å². The summed E-state index contributed by atoms with van der Waals surface area (Å²) < 4.78 is 22.7.